The standard InChI is InChI=1S/C17H24N2O2/c1-10-11(2)21-12(3)16(10)17(20)19-14-6-7-15-13(9-14)5-4-8-18-15/h6-7,9-12,16,18H,4-5,8H2,1-3H3,(H,19,20). The number of hydrogen-bond donors (Lipinski definition) is 2. The lowest BCUT2D eigenvalue weighted by molar-refractivity contribution is -0.121. The van der Waals surface area contributed by atoms with Gasteiger partial charge in [0.15, 0.2) is 0 Å². The highest BCUT2D eigenvalue weighted by molar-refractivity contribution is 5.93. The summed E-state index contributed by atoms with van der Waals surface area (Å²) in [6, 6.07) is 6.13. The summed E-state index contributed by atoms with van der Waals surface area (Å²) in [7, 11) is 0. The van der Waals surface area contributed by atoms with Crippen molar-refractivity contribution in [3.05, 3.63) is 23.8 Å². The van der Waals surface area contributed by atoms with Crippen molar-refractivity contribution in [1.82, 2.24) is 0 Å². The highest BCUT2D eigenvalue weighted by atomic mass is 16.5. The van der Waals surface area contributed by atoms with E-state index in [9.17, 15) is 4.79 Å². The van der Waals surface area contributed by atoms with Crippen molar-refractivity contribution in [3.63, 3.8) is 0 Å². The Hall–Kier alpha value is -1.55. The van der Waals surface area contributed by atoms with Crippen LogP contribution in [0, 0.1) is 11.8 Å². The Morgan fingerprint density at radius 2 is 2.10 bits per heavy atom. The number of carbonyl (C=O) groups excluding carboxylic acids is 1. The molecule has 2 heterocycles. The fourth-order valence-corrected chi connectivity index (χ4v) is 3.50. The number of aryl methyl sites for hydroxylation is 1. The molecule has 4 nitrogen and oxygen atoms in total. The summed E-state index contributed by atoms with van der Waals surface area (Å²) in [6.07, 6.45) is 2.34. The van der Waals surface area contributed by atoms with Crippen LogP contribution in [0.1, 0.15) is 32.8 Å². The molecule has 0 radical (unpaired) electrons. The molecule has 21 heavy (non-hydrogen) atoms. The average molecular weight is 288 g/mol. The van der Waals surface area contributed by atoms with Gasteiger partial charge in [-0.2, -0.15) is 0 Å². The molecule has 0 saturated carbocycles. The van der Waals surface area contributed by atoms with Gasteiger partial charge in [0.2, 0.25) is 5.91 Å². The van der Waals surface area contributed by atoms with Crippen molar-refractivity contribution in [2.24, 2.45) is 11.8 Å². The van der Waals surface area contributed by atoms with Crippen molar-refractivity contribution in [3.8, 4) is 0 Å². The fraction of sp³-hybridized carbons (Fsp3) is 0.588. The predicted octanol–water partition coefficient (Wildman–Crippen LogP) is 3.04. The van der Waals surface area contributed by atoms with Gasteiger partial charge in [0.1, 0.15) is 0 Å². The van der Waals surface area contributed by atoms with E-state index in [1.807, 2.05) is 19.9 Å². The largest absolute Gasteiger partial charge is 0.385 e. The molecule has 2 aliphatic heterocycles. The first-order valence-electron chi connectivity index (χ1n) is 7.89. The molecule has 0 spiro atoms. The van der Waals surface area contributed by atoms with Crippen LogP contribution in [0.5, 0.6) is 0 Å². The third-order valence-corrected chi connectivity index (χ3v) is 4.86. The Morgan fingerprint density at radius 1 is 1.29 bits per heavy atom. The van der Waals surface area contributed by atoms with E-state index in [2.05, 4.69) is 29.7 Å². The van der Waals surface area contributed by atoms with E-state index in [-0.39, 0.29) is 30.0 Å². The number of nitrogens with one attached hydrogen (secondary N) is 2. The summed E-state index contributed by atoms with van der Waals surface area (Å²) in [5, 5.41) is 6.45. The van der Waals surface area contributed by atoms with Crippen molar-refractivity contribution < 1.29 is 9.53 Å². The van der Waals surface area contributed by atoms with Gasteiger partial charge < -0.3 is 15.4 Å². The molecule has 1 aromatic carbocycles. The van der Waals surface area contributed by atoms with E-state index < -0.39 is 0 Å². The van der Waals surface area contributed by atoms with E-state index in [4.69, 9.17) is 4.74 Å². The molecule has 2 aliphatic rings. The Balaban J connectivity index is 1.73. The monoisotopic (exact) mass is 288 g/mol. The maximum absolute atomic E-state index is 12.5. The molecule has 4 atom stereocenters. The molecule has 2 N–H and O–H groups in total. The van der Waals surface area contributed by atoms with Gasteiger partial charge in [0.25, 0.3) is 0 Å². The quantitative estimate of drug-likeness (QED) is 0.879. The highest BCUT2D eigenvalue weighted by Gasteiger charge is 2.41. The summed E-state index contributed by atoms with van der Waals surface area (Å²) < 4.78 is 5.76. The van der Waals surface area contributed by atoms with Gasteiger partial charge in [0, 0.05) is 17.9 Å². The van der Waals surface area contributed by atoms with Gasteiger partial charge in [0.05, 0.1) is 18.1 Å². The van der Waals surface area contributed by atoms with Crippen LogP contribution in [0.3, 0.4) is 0 Å². The van der Waals surface area contributed by atoms with Crippen LogP contribution in [0.25, 0.3) is 0 Å². The number of amides is 1. The lowest BCUT2D eigenvalue weighted by Gasteiger charge is -2.21. The van der Waals surface area contributed by atoms with Gasteiger partial charge in [-0.15, -0.1) is 0 Å². The zero-order chi connectivity index (χ0) is 15.0. The normalized spacial score (nSPS) is 31.4. The van der Waals surface area contributed by atoms with Gasteiger partial charge in [-0.25, -0.2) is 0 Å². The molecule has 4 heteroatoms. The lowest BCUT2D eigenvalue weighted by atomic mass is 9.88. The van der Waals surface area contributed by atoms with Crippen molar-refractivity contribution in [1.29, 1.82) is 0 Å². The fourth-order valence-electron chi connectivity index (χ4n) is 3.50. The zero-order valence-electron chi connectivity index (χ0n) is 13.0. The van der Waals surface area contributed by atoms with Crippen molar-refractivity contribution in [2.45, 2.75) is 45.8 Å². The number of carbonyl (C=O) groups is 1. The van der Waals surface area contributed by atoms with E-state index in [0.29, 0.717) is 0 Å². The van der Waals surface area contributed by atoms with Crippen LogP contribution < -0.4 is 10.6 Å². The second kappa shape index (κ2) is 5.68. The summed E-state index contributed by atoms with van der Waals surface area (Å²) in [5.74, 6) is 0.247. The molecule has 0 aromatic heterocycles. The number of anilines is 2. The molecule has 0 aliphatic carbocycles. The second-order valence-electron chi connectivity index (χ2n) is 6.32. The van der Waals surface area contributed by atoms with E-state index in [0.717, 1.165) is 25.1 Å². The van der Waals surface area contributed by atoms with Crippen LogP contribution in [0.2, 0.25) is 0 Å². The molecule has 0 bridgehead atoms. The van der Waals surface area contributed by atoms with E-state index in [1.165, 1.54) is 11.3 Å². The van der Waals surface area contributed by atoms with Gasteiger partial charge in [-0.1, -0.05) is 6.92 Å². The van der Waals surface area contributed by atoms with Crippen molar-refractivity contribution in [2.75, 3.05) is 17.2 Å². The summed E-state index contributed by atoms with van der Waals surface area (Å²) in [6.45, 7) is 7.15. The molecule has 1 saturated heterocycles. The van der Waals surface area contributed by atoms with Crippen LogP contribution in [-0.2, 0) is 16.0 Å². The summed E-state index contributed by atoms with van der Waals surface area (Å²) >= 11 is 0. The third-order valence-electron chi connectivity index (χ3n) is 4.86. The highest BCUT2D eigenvalue weighted by Crippen LogP contribution is 2.33. The molecule has 1 aromatic rings. The Morgan fingerprint density at radius 3 is 2.81 bits per heavy atom. The number of benzene rings is 1. The minimum absolute atomic E-state index is 0.0192. The third kappa shape index (κ3) is 2.77. The number of ether oxygens (including phenoxy) is 1. The zero-order valence-corrected chi connectivity index (χ0v) is 13.0. The van der Waals surface area contributed by atoms with Crippen molar-refractivity contribution >= 4 is 17.3 Å². The molecule has 114 valence electrons. The maximum Gasteiger partial charge on any atom is 0.230 e. The minimum atomic E-state index is -0.0749. The van der Waals surface area contributed by atoms with Gasteiger partial charge >= 0.3 is 0 Å². The van der Waals surface area contributed by atoms with Gasteiger partial charge in [-0.3, -0.25) is 4.79 Å². The molecule has 1 fully saturated rings. The van der Waals surface area contributed by atoms with Crippen LogP contribution in [0.15, 0.2) is 18.2 Å². The molecule has 4 unspecified atom stereocenters. The first kappa shape index (κ1) is 14.4. The smallest absolute Gasteiger partial charge is 0.230 e. The average Bonchev–Trinajstić information content (AvgIpc) is 2.72. The number of hydrogen-bond acceptors (Lipinski definition) is 3. The van der Waals surface area contributed by atoms with Crippen LogP contribution >= 0.6 is 0 Å². The minimum Gasteiger partial charge on any atom is -0.385 e. The molecule has 1 amide bonds. The first-order valence-corrected chi connectivity index (χ1v) is 7.89. The SMILES string of the molecule is CC1OC(C)C(C(=O)Nc2ccc3c(c2)CCCN3)C1C. The topological polar surface area (TPSA) is 50.4 Å². The second-order valence-corrected chi connectivity index (χ2v) is 6.32. The maximum atomic E-state index is 12.5. The predicted molar refractivity (Wildman–Crippen MR) is 84.5 cm³/mol. The molecule has 3 rings (SSSR count). The van der Waals surface area contributed by atoms with Gasteiger partial charge in [-0.05, 0) is 56.4 Å². The number of fused-ring (bicyclic) bond motifs is 1. The Labute approximate surface area is 126 Å². The Kier molecular flexibility index (Phi) is 3.89. The van der Waals surface area contributed by atoms with Crippen LogP contribution in [0.4, 0.5) is 11.4 Å². The summed E-state index contributed by atoms with van der Waals surface area (Å²) in [4.78, 5) is 12.5. The Bertz CT molecular complexity index is 544. The van der Waals surface area contributed by atoms with E-state index >= 15 is 0 Å². The molecular weight excluding hydrogens is 264 g/mol. The van der Waals surface area contributed by atoms with E-state index in [1.54, 1.807) is 0 Å². The molecular formula is C17H24N2O2. The summed E-state index contributed by atoms with van der Waals surface area (Å²) in [5.41, 5.74) is 3.37. The number of rotatable bonds is 2. The lowest BCUT2D eigenvalue weighted by Crippen LogP contribution is -2.32. The first-order chi connectivity index (χ1) is 10.1. The van der Waals surface area contributed by atoms with Crippen LogP contribution in [-0.4, -0.2) is 24.7 Å².